The van der Waals surface area contributed by atoms with Gasteiger partial charge in [-0.1, -0.05) is 58.9 Å². The fraction of sp³-hybridized carbons (Fsp3) is 0.536. The third-order valence-electron chi connectivity index (χ3n) is 6.30. The molecule has 0 aromatic heterocycles. The molecule has 2 aromatic carbocycles. The molecular weight excluding hydrogens is 396 g/mol. The van der Waals surface area contributed by atoms with Gasteiger partial charge in [-0.2, -0.15) is 0 Å². The number of carbonyl (C=O) groups is 1. The van der Waals surface area contributed by atoms with Crippen LogP contribution in [0.25, 0.3) is 0 Å². The molecule has 0 aliphatic carbocycles. The molecule has 4 heteroatoms. The largest absolute Gasteiger partial charge is 0.492 e. The van der Waals surface area contributed by atoms with Crippen molar-refractivity contribution in [2.75, 3.05) is 26.0 Å². The van der Waals surface area contributed by atoms with Crippen LogP contribution in [-0.2, 0) is 11.3 Å². The minimum Gasteiger partial charge on any atom is -0.492 e. The summed E-state index contributed by atoms with van der Waals surface area (Å²) >= 11 is 0. The van der Waals surface area contributed by atoms with E-state index in [1.165, 1.54) is 22.3 Å². The number of anilines is 1. The summed E-state index contributed by atoms with van der Waals surface area (Å²) < 4.78 is 6.34. The summed E-state index contributed by atoms with van der Waals surface area (Å²) in [5.74, 6) is 1.75. The maximum Gasteiger partial charge on any atom is 0.224 e. The lowest BCUT2D eigenvalue weighted by Crippen LogP contribution is -2.22. The number of nitrogens with zero attached hydrogens (tertiary/aromatic N) is 1. The first kappa shape index (κ1) is 24.3. The summed E-state index contributed by atoms with van der Waals surface area (Å²) in [6, 6.07) is 8.94. The number of carbonyl (C=O) groups excluding carboxylic acids is 1. The lowest BCUT2D eigenvalue weighted by molar-refractivity contribution is -0.117. The third-order valence-corrected chi connectivity index (χ3v) is 6.30. The Morgan fingerprint density at radius 1 is 1.12 bits per heavy atom. The maximum absolute atomic E-state index is 12.9. The topological polar surface area (TPSA) is 41.6 Å². The van der Waals surface area contributed by atoms with E-state index in [1.54, 1.807) is 0 Å². The summed E-state index contributed by atoms with van der Waals surface area (Å²) in [6.07, 6.45) is 0.489. The van der Waals surface area contributed by atoms with E-state index in [0.717, 1.165) is 29.1 Å². The molecule has 0 radical (unpaired) electrons. The van der Waals surface area contributed by atoms with Crippen molar-refractivity contribution in [3.05, 3.63) is 57.6 Å². The van der Waals surface area contributed by atoms with E-state index in [2.05, 4.69) is 97.0 Å². The van der Waals surface area contributed by atoms with Gasteiger partial charge in [-0.15, -0.1) is 0 Å². The SMILES string of the molecule is Cc1c(CN(C)C)c2c(c(C)c1NC(=O)CC(C)(C)C)C(c1ccc(C(C)C)cc1)CO2. The van der Waals surface area contributed by atoms with Crippen molar-refractivity contribution in [1.82, 2.24) is 4.90 Å². The molecule has 1 N–H and O–H groups in total. The van der Waals surface area contributed by atoms with Crippen molar-refractivity contribution in [2.45, 2.75) is 73.3 Å². The van der Waals surface area contributed by atoms with Gasteiger partial charge in [0.2, 0.25) is 5.91 Å². The fourth-order valence-corrected chi connectivity index (χ4v) is 4.64. The Hall–Kier alpha value is -2.33. The van der Waals surface area contributed by atoms with Crippen LogP contribution in [0.15, 0.2) is 24.3 Å². The van der Waals surface area contributed by atoms with Crippen LogP contribution in [0, 0.1) is 19.3 Å². The van der Waals surface area contributed by atoms with Crippen molar-refractivity contribution in [1.29, 1.82) is 0 Å². The summed E-state index contributed by atoms with van der Waals surface area (Å²) in [5, 5.41) is 3.26. The molecule has 1 amide bonds. The zero-order valence-corrected chi connectivity index (χ0v) is 21.3. The van der Waals surface area contributed by atoms with Gasteiger partial charge in [-0.05, 0) is 61.5 Å². The highest BCUT2D eigenvalue weighted by molar-refractivity contribution is 5.93. The van der Waals surface area contributed by atoms with Crippen LogP contribution < -0.4 is 10.1 Å². The molecule has 174 valence electrons. The van der Waals surface area contributed by atoms with E-state index in [9.17, 15) is 4.79 Å². The number of hydrogen-bond acceptors (Lipinski definition) is 3. The van der Waals surface area contributed by atoms with Crippen molar-refractivity contribution in [3.63, 3.8) is 0 Å². The lowest BCUT2D eigenvalue weighted by atomic mass is 9.85. The standard InChI is InChI=1S/C28H40N2O2/c1-17(2)20-10-12-21(13-11-20)23-16-32-27-22(15-30(8)9)18(3)26(19(4)25(23)27)29-24(31)14-28(5,6)7/h10-13,17,23H,14-16H2,1-9H3,(H,29,31). The van der Waals surface area contributed by atoms with Crippen molar-refractivity contribution >= 4 is 11.6 Å². The Kier molecular flexibility index (Phi) is 7.04. The first-order valence-electron chi connectivity index (χ1n) is 11.7. The van der Waals surface area contributed by atoms with Gasteiger partial charge in [0.05, 0.1) is 6.61 Å². The van der Waals surface area contributed by atoms with Gasteiger partial charge in [-0.3, -0.25) is 4.79 Å². The molecule has 0 saturated heterocycles. The highest BCUT2D eigenvalue weighted by Crippen LogP contribution is 2.47. The second kappa shape index (κ2) is 9.27. The molecule has 2 aromatic rings. The Balaban J connectivity index is 2.09. The molecule has 1 atom stereocenters. The molecule has 1 heterocycles. The van der Waals surface area contributed by atoms with Gasteiger partial charge in [-0.25, -0.2) is 0 Å². The van der Waals surface area contributed by atoms with Crippen LogP contribution in [-0.4, -0.2) is 31.5 Å². The van der Waals surface area contributed by atoms with Crippen molar-refractivity contribution < 1.29 is 9.53 Å². The van der Waals surface area contributed by atoms with Crippen LogP contribution in [0.4, 0.5) is 5.69 Å². The number of rotatable bonds is 6. The zero-order valence-electron chi connectivity index (χ0n) is 21.3. The number of amides is 1. The molecular formula is C28H40N2O2. The Morgan fingerprint density at radius 2 is 1.75 bits per heavy atom. The van der Waals surface area contributed by atoms with Gasteiger partial charge in [0, 0.05) is 35.7 Å². The number of fused-ring (bicyclic) bond motifs is 1. The first-order valence-corrected chi connectivity index (χ1v) is 11.7. The van der Waals surface area contributed by atoms with Crippen molar-refractivity contribution in [3.8, 4) is 5.75 Å². The highest BCUT2D eigenvalue weighted by Gasteiger charge is 2.33. The average Bonchev–Trinajstić information content (AvgIpc) is 3.12. The van der Waals surface area contributed by atoms with Crippen molar-refractivity contribution in [2.24, 2.45) is 5.41 Å². The summed E-state index contributed by atoms with van der Waals surface area (Å²) in [5.41, 5.74) is 8.12. The zero-order chi connectivity index (χ0) is 23.8. The molecule has 0 spiro atoms. The minimum absolute atomic E-state index is 0.0567. The predicted octanol–water partition coefficient (Wildman–Crippen LogP) is 6.39. The molecule has 0 saturated carbocycles. The van der Waals surface area contributed by atoms with Gasteiger partial charge in [0.1, 0.15) is 5.75 Å². The van der Waals surface area contributed by atoms with Crippen LogP contribution >= 0.6 is 0 Å². The summed E-state index contributed by atoms with van der Waals surface area (Å²) in [6.45, 7) is 16.4. The Morgan fingerprint density at radius 3 is 2.28 bits per heavy atom. The minimum atomic E-state index is -0.0567. The highest BCUT2D eigenvalue weighted by atomic mass is 16.5. The molecule has 3 rings (SSSR count). The fourth-order valence-electron chi connectivity index (χ4n) is 4.64. The molecule has 0 fully saturated rings. The van der Waals surface area contributed by atoms with Gasteiger partial charge < -0.3 is 15.0 Å². The average molecular weight is 437 g/mol. The van der Waals surface area contributed by atoms with Gasteiger partial charge in [0.15, 0.2) is 0 Å². The second-order valence-electron chi connectivity index (χ2n) is 11.1. The maximum atomic E-state index is 12.9. The summed E-state index contributed by atoms with van der Waals surface area (Å²) in [4.78, 5) is 15.0. The van der Waals surface area contributed by atoms with Crippen LogP contribution in [0.2, 0.25) is 0 Å². The Labute approximate surface area is 194 Å². The smallest absolute Gasteiger partial charge is 0.224 e. The molecule has 4 nitrogen and oxygen atoms in total. The van der Waals surface area contributed by atoms with E-state index in [1.807, 2.05) is 0 Å². The quantitative estimate of drug-likeness (QED) is 0.571. The molecule has 1 aliphatic rings. The Bertz CT molecular complexity index is 982. The van der Waals surface area contributed by atoms with E-state index >= 15 is 0 Å². The van der Waals surface area contributed by atoms with Gasteiger partial charge >= 0.3 is 0 Å². The number of nitrogens with one attached hydrogen (secondary N) is 1. The molecule has 0 bridgehead atoms. The van der Waals surface area contributed by atoms with Crippen LogP contribution in [0.3, 0.4) is 0 Å². The molecule has 32 heavy (non-hydrogen) atoms. The monoisotopic (exact) mass is 436 g/mol. The number of hydrogen-bond donors (Lipinski definition) is 1. The molecule has 1 unspecified atom stereocenters. The number of benzene rings is 2. The van der Waals surface area contributed by atoms with E-state index in [4.69, 9.17) is 4.74 Å². The predicted molar refractivity (Wildman–Crippen MR) is 134 cm³/mol. The lowest BCUT2D eigenvalue weighted by Gasteiger charge is -2.24. The normalized spacial score (nSPS) is 15.8. The first-order chi connectivity index (χ1) is 14.9. The summed E-state index contributed by atoms with van der Waals surface area (Å²) in [7, 11) is 4.14. The van der Waals surface area contributed by atoms with Crippen LogP contribution in [0.1, 0.15) is 86.3 Å². The molecule has 1 aliphatic heterocycles. The second-order valence-corrected chi connectivity index (χ2v) is 11.1. The van der Waals surface area contributed by atoms with Gasteiger partial charge in [0.25, 0.3) is 0 Å². The van der Waals surface area contributed by atoms with E-state index in [0.29, 0.717) is 18.9 Å². The van der Waals surface area contributed by atoms with Crippen LogP contribution in [0.5, 0.6) is 5.75 Å². The van der Waals surface area contributed by atoms with E-state index in [-0.39, 0.29) is 17.2 Å². The number of ether oxygens (including phenoxy) is 1. The third kappa shape index (κ3) is 5.17. The van der Waals surface area contributed by atoms with E-state index < -0.39 is 0 Å².